The van der Waals surface area contributed by atoms with Crippen LogP contribution >= 0.6 is 0 Å². The zero-order valence-corrected chi connectivity index (χ0v) is 25.7. The molecule has 0 spiro atoms. The first-order valence-corrected chi connectivity index (χ1v) is 15.3. The number of anilines is 1. The molecule has 1 atom stereocenters. The first-order chi connectivity index (χ1) is 20.1. The number of para-hydroxylation sites is 1. The summed E-state index contributed by atoms with van der Waals surface area (Å²) >= 11 is 0. The molecule has 0 saturated carbocycles. The van der Waals surface area contributed by atoms with E-state index in [1.54, 1.807) is 43.5 Å². The summed E-state index contributed by atoms with van der Waals surface area (Å²) in [6, 6.07) is 26.1. The topological polar surface area (TPSA) is 84.9 Å². The molecule has 0 saturated heterocycles. The van der Waals surface area contributed by atoms with Gasteiger partial charge >= 0.3 is 0 Å². The molecule has 0 aliphatic rings. The van der Waals surface area contributed by atoms with Gasteiger partial charge in [0.05, 0.1) is 43.0 Å². The Kier molecular flexibility index (Phi) is 9.58. The Morgan fingerprint density at radius 1 is 0.833 bits per heavy atom. The molecule has 1 amide bonds. The molecule has 0 aliphatic heterocycles. The van der Waals surface area contributed by atoms with E-state index in [0.29, 0.717) is 5.75 Å². The van der Waals surface area contributed by atoms with Gasteiger partial charge in [-0.25, -0.2) is 8.42 Å². The lowest BCUT2D eigenvalue weighted by Crippen LogP contribution is -2.34. The van der Waals surface area contributed by atoms with Crippen molar-refractivity contribution >= 4 is 21.6 Å². The van der Waals surface area contributed by atoms with Crippen molar-refractivity contribution in [3.63, 3.8) is 0 Å². The summed E-state index contributed by atoms with van der Waals surface area (Å²) in [5.74, 6) is 1.22. The van der Waals surface area contributed by atoms with Gasteiger partial charge in [0.15, 0.2) is 0 Å². The van der Waals surface area contributed by atoms with E-state index < -0.39 is 10.0 Å². The lowest BCUT2D eigenvalue weighted by Gasteiger charge is -2.27. The zero-order valence-electron chi connectivity index (χ0n) is 24.9. The normalized spacial score (nSPS) is 12.1. The van der Waals surface area contributed by atoms with Crippen LogP contribution in [-0.4, -0.2) is 28.5 Å². The molecule has 7 nitrogen and oxygen atoms in total. The van der Waals surface area contributed by atoms with Gasteiger partial charge in [-0.15, -0.1) is 0 Å². The summed E-state index contributed by atoms with van der Waals surface area (Å²) in [6.45, 7) is 8.16. The van der Waals surface area contributed by atoms with Gasteiger partial charge in [0, 0.05) is 0 Å². The van der Waals surface area contributed by atoms with Crippen LogP contribution in [0.4, 0.5) is 5.69 Å². The fraction of sp³-hybridized carbons (Fsp3) is 0.265. The van der Waals surface area contributed by atoms with Gasteiger partial charge in [0.2, 0.25) is 0 Å². The quantitative estimate of drug-likeness (QED) is 0.204. The molecule has 0 fully saturated rings. The monoisotopic (exact) mass is 586 g/mol. The molecule has 220 valence electrons. The number of nitrogens with one attached hydrogen (secondary N) is 1. The van der Waals surface area contributed by atoms with Crippen molar-refractivity contribution in [1.82, 2.24) is 5.32 Å². The van der Waals surface area contributed by atoms with Crippen LogP contribution in [0.15, 0.2) is 95.9 Å². The first kappa shape index (κ1) is 30.7. The van der Waals surface area contributed by atoms with Gasteiger partial charge in [-0.05, 0) is 90.6 Å². The number of nitrogens with zero attached hydrogens (tertiary/aromatic N) is 1. The van der Waals surface area contributed by atoms with Gasteiger partial charge in [-0.2, -0.15) is 0 Å². The van der Waals surface area contributed by atoms with Crippen LogP contribution in [-0.2, 0) is 16.6 Å². The number of sulfonamides is 1. The molecule has 0 aliphatic carbocycles. The predicted molar refractivity (Wildman–Crippen MR) is 167 cm³/mol. The van der Waals surface area contributed by atoms with Crippen LogP contribution in [0.5, 0.6) is 11.5 Å². The van der Waals surface area contributed by atoms with E-state index in [1.165, 1.54) is 23.5 Å². The highest BCUT2D eigenvalue weighted by Gasteiger charge is 2.29. The number of carbonyl (C=O) groups excluding carboxylic acids is 1. The highest BCUT2D eigenvalue weighted by Crippen LogP contribution is 2.33. The largest absolute Gasteiger partial charge is 0.497 e. The SMILES string of the molecule is COc1ccc(S(=O)(=O)N(Cc2ccccc2)c2ccccc2C(=O)N[C@@H](C)c2cc(C(C)C)c(OC)cc2C)cc1. The number of rotatable bonds is 11. The Hall–Kier alpha value is -4.30. The predicted octanol–water partition coefficient (Wildman–Crippen LogP) is 7.02. The highest BCUT2D eigenvalue weighted by atomic mass is 32.2. The van der Waals surface area contributed by atoms with Crippen molar-refractivity contribution in [1.29, 1.82) is 0 Å². The molecule has 42 heavy (non-hydrogen) atoms. The Balaban J connectivity index is 1.74. The Labute approximate surface area is 249 Å². The summed E-state index contributed by atoms with van der Waals surface area (Å²) in [5, 5.41) is 3.10. The molecule has 0 radical (unpaired) electrons. The van der Waals surface area contributed by atoms with E-state index >= 15 is 0 Å². The first-order valence-electron chi connectivity index (χ1n) is 13.9. The van der Waals surface area contributed by atoms with Crippen molar-refractivity contribution < 1.29 is 22.7 Å². The van der Waals surface area contributed by atoms with Gasteiger partial charge in [-0.1, -0.05) is 56.3 Å². The number of hydrogen-bond acceptors (Lipinski definition) is 5. The Morgan fingerprint density at radius 2 is 1.48 bits per heavy atom. The third-order valence-electron chi connectivity index (χ3n) is 7.29. The number of ether oxygens (including phenoxy) is 2. The fourth-order valence-corrected chi connectivity index (χ4v) is 6.44. The molecule has 4 rings (SSSR count). The zero-order chi connectivity index (χ0) is 30.4. The molecular weight excluding hydrogens is 548 g/mol. The van der Waals surface area contributed by atoms with Crippen LogP contribution in [0, 0.1) is 6.92 Å². The standard InChI is InChI=1S/C34H38N2O5S/c1-23(2)30-21-31(24(3)20-33(30)41-6)25(4)35-34(37)29-14-10-11-15-32(29)36(22-26-12-8-7-9-13-26)42(38,39)28-18-16-27(40-5)17-19-28/h7-21,23,25H,22H2,1-6H3,(H,35,37)/t25-/m0/s1. The minimum Gasteiger partial charge on any atom is -0.497 e. The average Bonchev–Trinajstić information content (AvgIpc) is 2.99. The molecular formula is C34H38N2O5S. The molecule has 1 N–H and O–H groups in total. The molecule has 4 aromatic rings. The maximum Gasteiger partial charge on any atom is 0.264 e. The molecule has 4 aromatic carbocycles. The van der Waals surface area contributed by atoms with Crippen molar-refractivity contribution in [2.45, 2.75) is 51.1 Å². The maximum absolute atomic E-state index is 14.1. The number of carbonyl (C=O) groups is 1. The minimum absolute atomic E-state index is 0.0460. The summed E-state index contributed by atoms with van der Waals surface area (Å²) in [6.07, 6.45) is 0. The summed E-state index contributed by atoms with van der Waals surface area (Å²) in [7, 11) is -0.877. The smallest absolute Gasteiger partial charge is 0.264 e. The Bertz CT molecular complexity index is 1630. The van der Waals surface area contributed by atoms with Crippen LogP contribution in [0.25, 0.3) is 0 Å². The van der Waals surface area contributed by atoms with Crippen LogP contribution in [0.1, 0.15) is 65.3 Å². The number of aryl methyl sites for hydroxylation is 1. The van der Waals surface area contributed by atoms with E-state index in [-0.39, 0.29) is 40.6 Å². The third-order valence-corrected chi connectivity index (χ3v) is 9.06. The minimum atomic E-state index is -4.06. The highest BCUT2D eigenvalue weighted by molar-refractivity contribution is 7.92. The van der Waals surface area contributed by atoms with E-state index in [0.717, 1.165) is 28.0 Å². The second-order valence-corrected chi connectivity index (χ2v) is 12.4. The fourth-order valence-electron chi connectivity index (χ4n) is 4.97. The molecule has 0 unspecified atom stereocenters. The van der Waals surface area contributed by atoms with E-state index in [1.807, 2.05) is 50.2 Å². The summed E-state index contributed by atoms with van der Waals surface area (Å²) < 4.78 is 40.3. The van der Waals surface area contributed by atoms with Crippen LogP contribution in [0.3, 0.4) is 0 Å². The van der Waals surface area contributed by atoms with Crippen molar-refractivity contribution in [3.05, 3.63) is 119 Å². The van der Waals surface area contributed by atoms with Crippen LogP contribution < -0.4 is 19.1 Å². The summed E-state index contributed by atoms with van der Waals surface area (Å²) in [4.78, 5) is 13.9. The number of amides is 1. The molecule has 0 bridgehead atoms. The Morgan fingerprint density at radius 3 is 2.10 bits per heavy atom. The van der Waals surface area contributed by atoms with Gasteiger partial charge in [0.1, 0.15) is 11.5 Å². The number of benzene rings is 4. The molecule has 8 heteroatoms. The van der Waals surface area contributed by atoms with Crippen molar-refractivity contribution in [3.8, 4) is 11.5 Å². The average molecular weight is 587 g/mol. The number of methoxy groups -OCH3 is 2. The summed E-state index contributed by atoms with van der Waals surface area (Å²) in [5.41, 5.74) is 4.35. The van der Waals surface area contributed by atoms with Gasteiger partial charge in [0.25, 0.3) is 15.9 Å². The van der Waals surface area contributed by atoms with Gasteiger partial charge in [-0.3, -0.25) is 9.10 Å². The lowest BCUT2D eigenvalue weighted by molar-refractivity contribution is 0.0940. The van der Waals surface area contributed by atoms with E-state index in [2.05, 4.69) is 25.2 Å². The van der Waals surface area contributed by atoms with Crippen LogP contribution in [0.2, 0.25) is 0 Å². The maximum atomic E-state index is 14.1. The van der Waals surface area contributed by atoms with Crippen molar-refractivity contribution in [2.75, 3.05) is 18.5 Å². The number of hydrogen-bond donors (Lipinski definition) is 1. The molecule has 0 aromatic heterocycles. The second-order valence-electron chi connectivity index (χ2n) is 10.5. The molecule has 0 heterocycles. The van der Waals surface area contributed by atoms with Gasteiger partial charge < -0.3 is 14.8 Å². The third kappa shape index (κ3) is 6.60. The van der Waals surface area contributed by atoms with E-state index in [9.17, 15) is 13.2 Å². The van der Waals surface area contributed by atoms with Crippen molar-refractivity contribution in [2.24, 2.45) is 0 Å². The van der Waals surface area contributed by atoms with E-state index in [4.69, 9.17) is 9.47 Å². The lowest BCUT2D eigenvalue weighted by atomic mass is 9.93. The second kappa shape index (κ2) is 13.1.